The predicted octanol–water partition coefficient (Wildman–Crippen LogP) is 4.96. The van der Waals surface area contributed by atoms with Crippen LogP contribution in [-0.2, 0) is 11.2 Å². The van der Waals surface area contributed by atoms with Gasteiger partial charge in [0.1, 0.15) is 17.2 Å². The van der Waals surface area contributed by atoms with Gasteiger partial charge in [-0.05, 0) is 37.0 Å². The van der Waals surface area contributed by atoms with Crippen LogP contribution in [0.4, 0.5) is 4.39 Å². The summed E-state index contributed by atoms with van der Waals surface area (Å²) in [4.78, 5) is 12.5. The maximum absolute atomic E-state index is 13.7. The Balaban J connectivity index is 1.71. The van der Waals surface area contributed by atoms with Crippen molar-refractivity contribution in [3.63, 3.8) is 0 Å². The molecule has 0 saturated carbocycles. The monoisotopic (exact) mass is 355 g/mol. The van der Waals surface area contributed by atoms with E-state index in [1.54, 1.807) is 18.2 Å². The van der Waals surface area contributed by atoms with Gasteiger partial charge in [0, 0.05) is 18.4 Å². The van der Waals surface area contributed by atoms with Gasteiger partial charge in [-0.25, -0.2) is 4.39 Å². The quantitative estimate of drug-likeness (QED) is 0.795. The van der Waals surface area contributed by atoms with Crippen LogP contribution in [0.2, 0.25) is 0 Å². The molecule has 2 aromatic carbocycles. The number of fused-ring (bicyclic) bond motifs is 1. The second-order valence-corrected chi connectivity index (χ2v) is 6.95. The summed E-state index contributed by atoms with van der Waals surface area (Å²) in [5.74, 6) is 0.533. The molecule has 1 aliphatic rings. The van der Waals surface area contributed by atoms with E-state index in [4.69, 9.17) is 4.74 Å². The van der Waals surface area contributed by atoms with Gasteiger partial charge in [0.25, 0.3) is 0 Å². The first kappa shape index (κ1) is 18.4. The molecular weight excluding hydrogens is 329 g/mol. The first-order chi connectivity index (χ1) is 12.6. The van der Waals surface area contributed by atoms with Gasteiger partial charge in [-0.3, -0.25) is 4.79 Å². The fourth-order valence-electron chi connectivity index (χ4n) is 3.65. The van der Waals surface area contributed by atoms with Crippen molar-refractivity contribution in [1.82, 2.24) is 5.32 Å². The van der Waals surface area contributed by atoms with Gasteiger partial charge in [0.15, 0.2) is 0 Å². The summed E-state index contributed by atoms with van der Waals surface area (Å²) < 4.78 is 20.0. The number of amides is 1. The first-order valence-corrected chi connectivity index (χ1v) is 9.37. The molecule has 0 aromatic heterocycles. The maximum atomic E-state index is 13.7. The third-order valence-corrected chi connectivity index (χ3v) is 5.40. The minimum atomic E-state index is -0.257. The molecule has 1 heterocycles. The van der Waals surface area contributed by atoms with E-state index in [0.29, 0.717) is 12.0 Å². The number of carbonyl (C=O) groups is 1. The number of ether oxygens (including phenoxy) is 1. The molecule has 3 nitrogen and oxygen atoms in total. The lowest BCUT2D eigenvalue weighted by molar-refractivity contribution is -0.122. The van der Waals surface area contributed by atoms with Crippen molar-refractivity contribution in [3.05, 3.63) is 65.5 Å². The second kappa shape index (κ2) is 7.90. The molecule has 0 bridgehead atoms. The molecule has 3 rings (SSSR count). The van der Waals surface area contributed by atoms with Crippen LogP contribution < -0.4 is 10.1 Å². The van der Waals surface area contributed by atoms with E-state index in [2.05, 4.69) is 19.2 Å². The summed E-state index contributed by atoms with van der Waals surface area (Å²) in [6.07, 6.45) is 3.20. The smallest absolute Gasteiger partial charge is 0.220 e. The second-order valence-electron chi connectivity index (χ2n) is 6.95. The molecule has 2 aromatic rings. The Kier molecular flexibility index (Phi) is 5.60. The average Bonchev–Trinajstić information content (AvgIpc) is 2.67. The number of aryl methyl sites for hydroxylation is 1. The van der Waals surface area contributed by atoms with Gasteiger partial charge < -0.3 is 10.1 Å². The normalized spacial score (nSPS) is 17.9. The van der Waals surface area contributed by atoms with Gasteiger partial charge in [0.2, 0.25) is 5.91 Å². The summed E-state index contributed by atoms with van der Waals surface area (Å²) in [5.41, 5.74) is 1.34. The minimum Gasteiger partial charge on any atom is -0.487 e. The summed E-state index contributed by atoms with van der Waals surface area (Å²) in [6.45, 7) is 4.24. The number of hydrogen-bond donors (Lipinski definition) is 1. The number of benzene rings is 2. The highest BCUT2D eigenvalue weighted by Gasteiger charge is 2.38. The average molecular weight is 355 g/mol. The van der Waals surface area contributed by atoms with E-state index in [0.717, 1.165) is 30.6 Å². The van der Waals surface area contributed by atoms with Crippen molar-refractivity contribution in [1.29, 1.82) is 0 Å². The molecule has 0 aliphatic carbocycles. The SMILES string of the molecule is CCC1(CC)C[C@H](NC(=O)CCc2ccccc2F)c2ccccc2O1. The van der Waals surface area contributed by atoms with Crippen LogP contribution in [0.15, 0.2) is 48.5 Å². The molecule has 4 heteroatoms. The predicted molar refractivity (Wildman–Crippen MR) is 101 cm³/mol. The number of carbonyl (C=O) groups excluding carboxylic acids is 1. The van der Waals surface area contributed by atoms with Crippen LogP contribution >= 0.6 is 0 Å². The number of hydrogen-bond acceptors (Lipinski definition) is 2. The Bertz CT molecular complexity index is 770. The Morgan fingerprint density at radius 2 is 1.85 bits per heavy atom. The number of nitrogens with one attached hydrogen (secondary N) is 1. The zero-order chi connectivity index (χ0) is 18.6. The Hall–Kier alpha value is -2.36. The Labute approximate surface area is 154 Å². The van der Waals surface area contributed by atoms with Gasteiger partial charge in [-0.15, -0.1) is 0 Å². The van der Waals surface area contributed by atoms with E-state index in [1.807, 2.05) is 24.3 Å². The summed E-state index contributed by atoms with van der Waals surface area (Å²) in [6, 6.07) is 14.4. The molecular formula is C22H26FNO2. The largest absolute Gasteiger partial charge is 0.487 e. The summed E-state index contributed by atoms with van der Waals surface area (Å²) in [7, 11) is 0. The fraction of sp³-hybridized carbons (Fsp3) is 0.409. The van der Waals surface area contributed by atoms with Gasteiger partial charge in [-0.1, -0.05) is 50.2 Å². The highest BCUT2D eigenvalue weighted by Crippen LogP contribution is 2.42. The molecule has 1 amide bonds. The van der Waals surface area contributed by atoms with Crippen LogP contribution in [-0.4, -0.2) is 11.5 Å². The summed E-state index contributed by atoms with van der Waals surface area (Å²) >= 11 is 0. The fourth-order valence-corrected chi connectivity index (χ4v) is 3.65. The molecule has 0 saturated heterocycles. The molecule has 1 aliphatic heterocycles. The lowest BCUT2D eigenvalue weighted by Gasteiger charge is -2.41. The molecule has 0 spiro atoms. The lowest BCUT2D eigenvalue weighted by atomic mass is 9.83. The van der Waals surface area contributed by atoms with Crippen LogP contribution in [0.1, 0.15) is 56.7 Å². The van der Waals surface area contributed by atoms with E-state index in [1.165, 1.54) is 6.07 Å². The van der Waals surface area contributed by atoms with Gasteiger partial charge in [0.05, 0.1) is 6.04 Å². The van der Waals surface area contributed by atoms with Crippen molar-refractivity contribution < 1.29 is 13.9 Å². The van der Waals surface area contributed by atoms with Gasteiger partial charge >= 0.3 is 0 Å². The van der Waals surface area contributed by atoms with Crippen molar-refractivity contribution in [2.45, 2.75) is 57.6 Å². The molecule has 0 radical (unpaired) electrons. The van der Waals surface area contributed by atoms with Crippen LogP contribution in [0, 0.1) is 5.82 Å². The third kappa shape index (κ3) is 3.90. The van der Waals surface area contributed by atoms with Crippen molar-refractivity contribution in [2.75, 3.05) is 0 Å². The standard InChI is InChI=1S/C22H26FNO2/c1-3-22(4-2)15-19(17-10-6-8-12-20(17)26-22)24-21(25)14-13-16-9-5-7-11-18(16)23/h5-12,19H,3-4,13-15H2,1-2H3,(H,24,25)/t19-/m0/s1. The summed E-state index contributed by atoms with van der Waals surface area (Å²) in [5, 5.41) is 3.15. The molecule has 0 fully saturated rings. The van der Waals surface area contributed by atoms with Crippen LogP contribution in [0.3, 0.4) is 0 Å². The Morgan fingerprint density at radius 1 is 1.15 bits per heavy atom. The van der Waals surface area contributed by atoms with Gasteiger partial charge in [-0.2, -0.15) is 0 Å². The highest BCUT2D eigenvalue weighted by molar-refractivity contribution is 5.77. The van der Waals surface area contributed by atoms with Crippen molar-refractivity contribution >= 4 is 5.91 Å². The van der Waals surface area contributed by atoms with E-state index in [9.17, 15) is 9.18 Å². The number of halogens is 1. The molecule has 138 valence electrons. The number of rotatable bonds is 6. The van der Waals surface area contributed by atoms with E-state index >= 15 is 0 Å². The number of para-hydroxylation sites is 1. The van der Waals surface area contributed by atoms with Crippen molar-refractivity contribution in [3.8, 4) is 5.75 Å². The van der Waals surface area contributed by atoms with Crippen LogP contribution in [0.5, 0.6) is 5.75 Å². The zero-order valence-corrected chi connectivity index (χ0v) is 15.4. The van der Waals surface area contributed by atoms with E-state index < -0.39 is 0 Å². The highest BCUT2D eigenvalue weighted by atomic mass is 19.1. The first-order valence-electron chi connectivity index (χ1n) is 9.37. The lowest BCUT2D eigenvalue weighted by Crippen LogP contribution is -2.44. The minimum absolute atomic E-state index is 0.0592. The molecule has 1 N–H and O–H groups in total. The molecule has 1 atom stereocenters. The molecule has 26 heavy (non-hydrogen) atoms. The topological polar surface area (TPSA) is 38.3 Å². The van der Waals surface area contributed by atoms with Crippen molar-refractivity contribution in [2.24, 2.45) is 0 Å². The van der Waals surface area contributed by atoms with E-state index in [-0.39, 0.29) is 29.8 Å². The zero-order valence-electron chi connectivity index (χ0n) is 15.4. The molecule has 0 unspecified atom stereocenters. The Morgan fingerprint density at radius 3 is 2.58 bits per heavy atom. The maximum Gasteiger partial charge on any atom is 0.220 e. The van der Waals surface area contributed by atoms with Crippen LogP contribution in [0.25, 0.3) is 0 Å². The third-order valence-electron chi connectivity index (χ3n) is 5.40.